The standard InChI is InChI=1S/C13H12N4/c1-10-7-13-16-14-9-17(13)12(15-10)8-11-5-3-2-4-6-11/h2-7,9H,8H2,1H3. The molecule has 0 radical (unpaired) electrons. The fourth-order valence-electron chi connectivity index (χ4n) is 1.92. The molecular formula is C13H12N4. The molecule has 0 amide bonds. The Kier molecular flexibility index (Phi) is 2.33. The van der Waals surface area contributed by atoms with Gasteiger partial charge in [0.05, 0.1) is 0 Å². The van der Waals surface area contributed by atoms with E-state index in [1.165, 1.54) is 5.56 Å². The molecular weight excluding hydrogens is 212 g/mol. The number of benzene rings is 1. The highest BCUT2D eigenvalue weighted by atomic mass is 15.2. The summed E-state index contributed by atoms with van der Waals surface area (Å²) in [5.74, 6) is 0.969. The highest BCUT2D eigenvalue weighted by Crippen LogP contribution is 2.10. The monoisotopic (exact) mass is 224 g/mol. The van der Waals surface area contributed by atoms with Crippen LogP contribution in [0.15, 0.2) is 42.7 Å². The third-order valence-electron chi connectivity index (χ3n) is 2.70. The molecule has 0 atom stereocenters. The second-order valence-corrected chi connectivity index (χ2v) is 4.04. The highest BCUT2D eigenvalue weighted by Gasteiger charge is 2.05. The Morgan fingerprint density at radius 1 is 1.18 bits per heavy atom. The molecule has 0 aliphatic rings. The van der Waals surface area contributed by atoms with Crippen LogP contribution >= 0.6 is 0 Å². The lowest BCUT2D eigenvalue weighted by Crippen LogP contribution is -2.02. The molecule has 0 unspecified atom stereocenters. The predicted molar refractivity (Wildman–Crippen MR) is 64.8 cm³/mol. The molecule has 1 aromatic carbocycles. The molecule has 0 spiro atoms. The van der Waals surface area contributed by atoms with E-state index in [9.17, 15) is 0 Å². The van der Waals surface area contributed by atoms with Crippen molar-refractivity contribution in [1.82, 2.24) is 19.6 Å². The van der Waals surface area contributed by atoms with Gasteiger partial charge in [-0.1, -0.05) is 30.3 Å². The number of aryl methyl sites for hydroxylation is 1. The summed E-state index contributed by atoms with van der Waals surface area (Å²) < 4.78 is 1.93. The molecule has 0 fully saturated rings. The van der Waals surface area contributed by atoms with Gasteiger partial charge in [0.2, 0.25) is 0 Å². The van der Waals surface area contributed by atoms with Gasteiger partial charge in [0.15, 0.2) is 5.65 Å². The van der Waals surface area contributed by atoms with E-state index in [0.717, 1.165) is 23.6 Å². The van der Waals surface area contributed by atoms with Crippen LogP contribution in [0, 0.1) is 6.92 Å². The van der Waals surface area contributed by atoms with E-state index < -0.39 is 0 Å². The van der Waals surface area contributed by atoms with Gasteiger partial charge in [-0.15, -0.1) is 10.2 Å². The molecule has 0 N–H and O–H groups in total. The maximum atomic E-state index is 4.55. The maximum absolute atomic E-state index is 4.55. The van der Waals surface area contributed by atoms with Crippen molar-refractivity contribution in [3.05, 3.63) is 59.8 Å². The predicted octanol–water partition coefficient (Wildman–Crippen LogP) is 2.02. The first-order chi connectivity index (χ1) is 8.33. The van der Waals surface area contributed by atoms with Crippen molar-refractivity contribution in [2.24, 2.45) is 0 Å². The number of aromatic nitrogens is 4. The maximum Gasteiger partial charge on any atom is 0.163 e. The largest absolute Gasteiger partial charge is 0.269 e. The van der Waals surface area contributed by atoms with Crippen molar-refractivity contribution in [3.8, 4) is 0 Å². The van der Waals surface area contributed by atoms with Gasteiger partial charge < -0.3 is 0 Å². The Balaban J connectivity index is 2.08. The normalized spacial score (nSPS) is 10.9. The molecule has 84 valence electrons. The molecule has 0 aliphatic carbocycles. The van der Waals surface area contributed by atoms with E-state index in [2.05, 4.69) is 27.3 Å². The minimum atomic E-state index is 0.789. The van der Waals surface area contributed by atoms with Gasteiger partial charge in [-0.25, -0.2) is 4.98 Å². The fraction of sp³-hybridized carbons (Fsp3) is 0.154. The van der Waals surface area contributed by atoms with Gasteiger partial charge in [-0.05, 0) is 12.5 Å². The molecule has 4 heteroatoms. The third kappa shape index (κ3) is 1.89. The van der Waals surface area contributed by atoms with Crippen molar-refractivity contribution < 1.29 is 0 Å². The average molecular weight is 224 g/mol. The third-order valence-corrected chi connectivity index (χ3v) is 2.70. The van der Waals surface area contributed by atoms with Crippen LogP contribution in [0.2, 0.25) is 0 Å². The average Bonchev–Trinajstić information content (AvgIpc) is 2.78. The Hall–Kier alpha value is -2.23. The van der Waals surface area contributed by atoms with Crippen LogP contribution in [0.1, 0.15) is 17.1 Å². The van der Waals surface area contributed by atoms with Gasteiger partial charge in [0, 0.05) is 18.2 Å². The minimum absolute atomic E-state index is 0.789. The zero-order chi connectivity index (χ0) is 11.7. The topological polar surface area (TPSA) is 43.1 Å². The smallest absolute Gasteiger partial charge is 0.163 e. The Morgan fingerprint density at radius 2 is 2.00 bits per heavy atom. The second kappa shape index (κ2) is 3.97. The Morgan fingerprint density at radius 3 is 2.82 bits per heavy atom. The summed E-state index contributed by atoms with van der Waals surface area (Å²) in [5, 5.41) is 7.97. The van der Waals surface area contributed by atoms with Crippen LogP contribution in [0.3, 0.4) is 0 Å². The van der Waals surface area contributed by atoms with Crippen molar-refractivity contribution >= 4 is 5.65 Å². The molecule has 4 nitrogen and oxygen atoms in total. The number of hydrogen-bond donors (Lipinski definition) is 0. The zero-order valence-corrected chi connectivity index (χ0v) is 9.54. The first kappa shape index (κ1) is 9.96. The van der Waals surface area contributed by atoms with E-state index in [4.69, 9.17) is 0 Å². The van der Waals surface area contributed by atoms with Crippen LogP contribution in [0.5, 0.6) is 0 Å². The molecule has 0 aliphatic heterocycles. The van der Waals surface area contributed by atoms with E-state index in [1.54, 1.807) is 6.33 Å². The van der Waals surface area contributed by atoms with E-state index in [1.807, 2.05) is 35.6 Å². The molecule has 3 aromatic rings. The summed E-state index contributed by atoms with van der Waals surface area (Å²) in [7, 11) is 0. The number of fused-ring (bicyclic) bond motifs is 1. The SMILES string of the molecule is Cc1cc2nncn2c(Cc2ccccc2)n1. The molecule has 3 rings (SSSR count). The lowest BCUT2D eigenvalue weighted by Gasteiger charge is -2.05. The van der Waals surface area contributed by atoms with Gasteiger partial charge in [-0.2, -0.15) is 0 Å². The fourth-order valence-corrected chi connectivity index (χ4v) is 1.92. The quantitative estimate of drug-likeness (QED) is 0.669. The summed E-state index contributed by atoms with van der Waals surface area (Å²) in [6.07, 6.45) is 2.50. The molecule has 2 aromatic heterocycles. The number of hydrogen-bond acceptors (Lipinski definition) is 3. The molecule has 17 heavy (non-hydrogen) atoms. The van der Waals surface area contributed by atoms with E-state index in [0.29, 0.717) is 0 Å². The first-order valence-corrected chi connectivity index (χ1v) is 5.53. The van der Waals surface area contributed by atoms with Gasteiger partial charge in [0.25, 0.3) is 0 Å². The molecule has 0 bridgehead atoms. The molecule has 2 heterocycles. The van der Waals surface area contributed by atoms with Crippen LogP contribution in [-0.2, 0) is 6.42 Å². The van der Waals surface area contributed by atoms with Gasteiger partial charge in [0.1, 0.15) is 12.2 Å². The molecule has 0 saturated heterocycles. The van der Waals surface area contributed by atoms with E-state index in [-0.39, 0.29) is 0 Å². The Bertz CT molecular complexity index is 643. The lowest BCUT2D eigenvalue weighted by atomic mass is 10.1. The van der Waals surface area contributed by atoms with Crippen LogP contribution in [0.4, 0.5) is 0 Å². The summed E-state index contributed by atoms with van der Waals surface area (Å²) >= 11 is 0. The van der Waals surface area contributed by atoms with Crippen molar-refractivity contribution in [3.63, 3.8) is 0 Å². The number of rotatable bonds is 2. The zero-order valence-electron chi connectivity index (χ0n) is 9.54. The lowest BCUT2D eigenvalue weighted by molar-refractivity contribution is 0.898. The van der Waals surface area contributed by atoms with Gasteiger partial charge in [-0.3, -0.25) is 4.40 Å². The van der Waals surface area contributed by atoms with Crippen molar-refractivity contribution in [1.29, 1.82) is 0 Å². The number of nitrogens with zero attached hydrogens (tertiary/aromatic N) is 4. The van der Waals surface area contributed by atoms with Crippen molar-refractivity contribution in [2.75, 3.05) is 0 Å². The minimum Gasteiger partial charge on any atom is -0.269 e. The highest BCUT2D eigenvalue weighted by molar-refractivity contribution is 5.39. The Labute approximate surface area is 99.0 Å². The second-order valence-electron chi connectivity index (χ2n) is 4.04. The van der Waals surface area contributed by atoms with Gasteiger partial charge >= 0.3 is 0 Å². The molecule has 0 saturated carbocycles. The van der Waals surface area contributed by atoms with E-state index >= 15 is 0 Å². The van der Waals surface area contributed by atoms with Crippen molar-refractivity contribution in [2.45, 2.75) is 13.3 Å². The summed E-state index contributed by atoms with van der Waals surface area (Å²) in [4.78, 5) is 4.55. The first-order valence-electron chi connectivity index (χ1n) is 5.53. The summed E-state index contributed by atoms with van der Waals surface area (Å²) in [5.41, 5.74) is 3.06. The van der Waals surface area contributed by atoms with Crippen LogP contribution < -0.4 is 0 Å². The van der Waals surface area contributed by atoms with Crippen LogP contribution in [0.25, 0.3) is 5.65 Å². The van der Waals surface area contributed by atoms with Crippen LogP contribution in [-0.4, -0.2) is 19.6 Å². The summed E-state index contributed by atoms with van der Waals surface area (Å²) in [6.45, 7) is 1.98. The summed E-state index contributed by atoms with van der Waals surface area (Å²) in [6, 6.07) is 12.2.